The van der Waals surface area contributed by atoms with Crippen molar-refractivity contribution < 1.29 is 9.36 Å². The van der Waals surface area contributed by atoms with E-state index < -0.39 is 0 Å². The number of benzene rings is 1. The predicted molar refractivity (Wildman–Crippen MR) is 93.1 cm³/mol. The van der Waals surface area contributed by atoms with Gasteiger partial charge in [0, 0.05) is 37.2 Å². The quantitative estimate of drug-likeness (QED) is 0.427. The molecule has 0 saturated carbocycles. The van der Waals surface area contributed by atoms with Crippen LogP contribution in [0.4, 0.5) is 0 Å². The summed E-state index contributed by atoms with van der Waals surface area (Å²) in [6.45, 7) is 4.29. The molecule has 0 radical (unpaired) electrons. The van der Waals surface area contributed by atoms with Crippen molar-refractivity contribution in [3.8, 4) is 5.69 Å². The molecule has 0 fully saturated rings. The van der Waals surface area contributed by atoms with Gasteiger partial charge in [-0.15, -0.1) is 6.58 Å². The van der Waals surface area contributed by atoms with Crippen LogP contribution in [0.5, 0.6) is 0 Å². The molecule has 120 valence electrons. The van der Waals surface area contributed by atoms with Crippen LogP contribution in [0.15, 0.2) is 67.5 Å². The number of unbranched alkanes of at least 4 members (excludes halogenated alkanes) is 3. The smallest absolute Gasteiger partial charge is 0.220 e. The number of nitrogens with one attached hydrogen (secondary N) is 1. The molecule has 1 heterocycles. The predicted octanol–water partition coefficient (Wildman–Crippen LogP) is 3.72. The van der Waals surface area contributed by atoms with Gasteiger partial charge >= 0.3 is 0 Å². The van der Waals surface area contributed by atoms with Gasteiger partial charge in [-0.1, -0.05) is 30.7 Å². The van der Waals surface area contributed by atoms with E-state index in [0.717, 1.165) is 36.9 Å². The van der Waals surface area contributed by atoms with Gasteiger partial charge in [-0.05, 0) is 24.8 Å². The summed E-state index contributed by atoms with van der Waals surface area (Å²) in [5.41, 5.74) is 2.23. The number of nitrogens with zero attached hydrogens (tertiary/aromatic N) is 1. The summed E-state index contributed by atoms with van der Waals surface area (Å²) in [6.07, 6.45) is 10.8. The Morgan fingerprint density at radius 3 is 2.48 bits per heavy atom. The number of amides is 1. The van der Waals surface area contributed by atoms with Crippen LogP contribution >= 0.6 is 0 Å². The van der Waals surface area contributed by atoms with Gasteiger partial charge < -0.3 is 5.32 Å². The molecule has 2 aromatic rings. The maximum Gasteiger partial charge on any atom is 0.220 e. The van der Waals surface area contributed by atoms with E-state index in [1.807, 2.05) is 36.7 Å². The molecular formula is C20H25N2O+. The Balaban J connectivity index is 1.74. The van der Waals surface area contributed by atoms with Crippen LogP contribution in [0.2, 0.25) is 0 Å². The lowest BCUT2D eigenvalue weighted by Gasteiger charge is -2.05. The van der Waals surface area contributed by atoms with Gasteiger partial charge in [0.2, 0.25) is 11.6 Å². The minimum atomic E-state index is 0.130. The van der Waals surface area contributed by atoms with Gasteiger partial charge in [-0.2, -0.15) is 4.57 Å². The molecule has 0 saturated heterocycles. The first kappa shape index (κ1) is 16.9. The summed E-state index contributed by atoms with van der Waals surface area (Å²) >= 11 is 0. The zero-order valence-corrected chi connectivity index (χ0v) is 13.6. The molecule has 0 atom stereocenters. The Kier molecular flexibility index (Phi) is 7.05. The summed E-state index contributed by atoms with van der Waals surface area (Å²) < 4.78 is 2.06. The second-order valence-corrected chi connectivity index (χ2v) is 5.61. The Labute approximate surface area is 138 Å². The fourth-order valence-corrected chi connectivity index (χ4v) is 2.40. The van der Waals surface area contributed by atoms with Crippen molar-refractivity contribution in [3.63, 3.8) is 0 Å². The van der Waals surface area contributed by atoms with E-state index in [-0.39, 0.29) is 5.91 Å². The lowest BCUT2D eigenvalue weighted by Crippen LogP contribution is -2.28. The fourth-order valence-electron chi connectivity index (χ4n) is 2.40. The number of aromatic nitrogens is 1. The van der Waals surface area contributed by atoms with Crippen molar-refractivity contribution in [2.45, 2.75) is 38.6 Å². The molecule has 1 amide bonds. The minimum Gasteiger partial charge on any atom is -0.352 e. The first-order valence-electron chi connectivity index (χ1n) is 8.23. The molecule has 0 spiro atoms. The molecule has 0 bridgehead atoms. The third kappa shape index (κ3) is 6.07. The lowest BCUT2D eigenvalue weighted by molar-refractivity contribution is -0.595. The highest BCUT2D eigenvalue weighted by Crippen LogP contribution is 2.06. The molecule has 0 aliphatic carbocycles. The first-order chi connectivity index (χ1) is 11.3. The zero-order chi connectivity index (χ0) is 16.3. The molecule has 23 heavy (non-hydrogen) atoms. The number of allylic oxidation sites excluding steroid dienone is 1. The SMILES string of the molecule is C=CCCCCCC(=O)NCc1ccc(-[n+]2ccccc2)cc1. The van der Waals surface area contributed by atoms with Crippen LogP contribution in [-0.4, -0.2) is 5.91 Å². The van der Waals surface area contributed by atoms with Crippen molar-refractivity contribution >= 4 is 5.91 Å². The lowest BCUT2D eigenvalue weighted by atomic mass is 10.1. The molecule has 0 unspecified atom stereocenters. The standard InChI is InChI=1S/C20H24N2O/c1-2-3-4-5-7-10-20(23)21-17-18-11-13-19(14-12-18)22-15-8-6-9-16-22/h2,6,8-9,11-16H,1,3-5,7,10,17H2/p+1. The van der Waals surface area contributed by atoms with E-state index in [0.29, 0.717) is 13.0 Å². The molecule has 0 aliphatic heterocycles. The average molecular weight is 309 g/mol. The van der Waals surface area contributed by atoms with Crippen molar-refractivity contribution in [2.75, 3.05) is 0 Å². The number of rotatable bonds is 9. The third-order valence-electron chi connectivity index (χ3n) is 3.75. The van der Waals surface area contributed by atoms with Crippen LogP contribution in [0.1, 0.15) is 37.7 Å². The highest BCUT2D eigenvalue weighted by atomic mass is 16.1. The van der Waals surface area contributed by atoms with Gasteiger partial charge in [-0.3, -0.25) is 4.79 Å². The van der Waals surface area contributed by atoms with E-state index >= 15 is 0 Å². The highest BCUT2D eigenvalue weighted by Gasteiger charge is 2.05. The zero-order valence-electron chi connectivity index (χ0n) is 13.6. The van der Waals surface area contributed by atoms with E-state index in [1.165, 1.54) is 0 Å². The Morgan fingerprint density at radius 1 is 1.04 bits per heavy atom. The molecule has 1 aromatic carbocycles. The minimum absolute atomic E-state index is 0.130. The number of pyridine rings is 1. The monoisotopic (exact) mass is 309 g/mol. The van der Waals surface area contributed by atoms with Crippen LogP contribution in [0, 0.1) is 0 Å². The number of hydrogen-bond acceptors (Lipinski definition) is 1. The van der Waals surface area contributed by atoms with Gasteiger partial charge in [0.1, 0.15) is 0 Å². The summed E-state index contributed by atoms with van der Waals surface area (Å²) in [5, 5.41) is 2.98. The first-order valence-corrected chi connectivity index (χ1v) is 8.23. The maximum atomic E-state index is 11.8. The van der Waals surface area contributed by atoms with Gasteiger partial charge in [-0.25, -0.2) is 0 Å². The topological polar surface area (TPSA) is 33.0 Å². The van der Waals surface area contributed by atoms with Crippen molar-refractivity contribution in [1.29, 1.82) is 0 Å². The Hall–Kier alpha value is -2.42. The molecular weight excluding hydrogens is 284 g/mol. The van der Waals surface area contributed by atoms with Gasteiger partial charge in [0.05, 0.1) is 0 Å². The largest absolute Gasteiger partial charge is 0.352 e. The fraction of sp³-hybridized carbons (Fsp3) is 0.300. The number of carbonyl (C=O) groups excluding carboxylic acids is 1. The van der Waals surface area contributed by atoms with Crippen LogP contribution < -0.4 is 9.88 Å². The van der Waals surface area contributed by atoms with Crippen molar-refractivity contribution in [2.24, 2.45) is 0 Å². The van der Waals surface area contributed by atoms with Crippen LogP contribution in [0.25, 0.3) is 5.69 Å². The molecule has 0 aliphatic rings. The van der Waals surface area contributed by atoms with Crippen molar-refractivity contribution in [3.05, 3.63) is 73.1 Å². The summed E-state index contributed by atoms with van der Waals surface area (Å²) in [4.78, 5) is 11.8. The molecule has 3 nitrogen and oxygen atoms in total. The second kappa shape index (κ2) is 9.57. The van der Waals surface area contributed by atoms with Crippen LogP contribution in [-0.2, 0) is 11.3 Å². The summed E-state index contributed by atoms with van der Waals surface area (Å²) in [5.74, 6) is 0.130. The molecule has 3 heteroatoms. The number of carbonyl (C=O) groups is 1. The summed E-state index contributed by atoms with van der Waals surface area (Å²) in [6, 6.07) is 14.2. The molecule has 1 aromatic heterocycles. The van der Waals surface area contributed by atoms with Crippen molar-refractivity contribution in [1.82, 2.24) is 5.32 Å². The Morgan fingerprint density at radius 2 is 1.78 bits per heavy atom. The Bertz CT molecular complexity index is 605. The molecule has 1 N–H and O–H groups in total. The van der Waals surface area contributed by atoms with Crippen LogP contribution in [0.3, 0.4) is 0 Å². The van der Waals surface area contributed by atoms with E-state index in [4.69, 9.17) is 0 Å². The summed E-state index contributed by atoms with van der Waals surface area (Å²) in [7, 11) is 0. The average Bonchev–Trinajstić information content (AvgIpc) is 2.61. The number of hydrogen-bond donors (Lipinski definition) is 1. The molecule has 2 rings (SSSR count). The van der Waals surface area contributed by atoms with Gasteiger partial charge in [0.25, 0.3) is 0 Å². The maximum absolute atomic E-state index is 11.8. The van der Waals surface area contributed by atoms with E-state index in [2.05, 4.69) is 40.7 Å². The third-order valence-corrected chi connectivity index (χ3v) is 3.75. The second-order valence-electron chi connectivity index (χ2n) is 5.61. The van der Waals surface area contributed by atoms with E-state index in [9.17, 15) is 4.79 Å². The normalized spacial score (nSPS) is 10.3. The van der Waals surface area contributed by atoms with Gasteiger partial charge in [0.15, 0.2) is 12.4 Å². The van der Waals surface area contributed by atoms with E-state index in [1.54, 1.807) is 0 Å². The highest BCUT2D eigenvalue weighted by molar-refractivity contribution is 5.75.